The molecule has 1 aliphatic heterocycles. The molecule has 0 saturated carbocycles. The van der Waals surface area contributed by atoms with Gasteiger partial charge in [-0.2, -0.15) is 0 Å². The number of aromatic nitrogens is 1. The number of anilines is 1. The number of benzene rings is 1. The van der Waals surface area contributed by atoms with Crippen molar-refractivity contribution in [3.05, 3.63) is 58.9 Å². The number of amides is 2. The lowest BCUT2D eigenvalue weighted by atomic mass is 9.90. The molecule has 2 heterocycles. The maximum absolute atomic E-state index is 12.7. The molecular formula is C21H25N3O2. The van der Waals surface area contributed by atoms with E-state index < -0.39 is 0 Å². The number of aryl methyl sites for hydroxylation is 3. The van der Waals surface area contributed by atoms with E-state index in [2.05, 4.69) is 10.3 Å². The number of rotatable bonds is 3. The van der Waals surface area contributed by atoms with Crippen LogP contribution in [0.15, 0.2) is 36.4 Å². The van der Waals surface area contributed by atoms with Crippen LogP contribution < -0.4 is 5.32 Å². The summed E-state index contributed by atoms with van der Waals surface area (Å²) in [7, 11) is 0. The van der Waals surface area contributed by atoms with E-state index >= 15 is 0 Å². The van der Waals surface area contributed by atoms with E-state index in [4.69, 9.17) is 0 Å². The Morgan fingerprint density at radius 3 is 2.58 bits per heavy atom. The summed E-state index contributed by atoms with van der Waals surface area (Å²) in [4.78, 5) is 31.6. The van der Waals surface area contributed by atoms with E-state index in [-0.39, 0.29) is 17.7 Å². The summed E-state index contributed by atoms with van der Waals surface area (Å²) < 4.78 is 0. The largest absolute Gasteiger partial charge is 0.324 e. The number of nitrogens with one attached hydrogen (secondary N) is 1. The Hall–Kier alpha value is -2.69. The molecule has 0 spiro atoms. The van der Waals surface area contributed by atoms with Gasteiger partial charge in [-0.15, -0.1) is 0 Å². The molecule has 1 fully saturated rings. The number of hydrogen-bond acceptors (Lipinski definition) is 3. The van der Waals surface area contributed by atoms with Gasteiger partial charge in [-0.1, -0.05) is 30.3 Å². The molecule has 1 atom stereocenters. The third kappa shape index (κ3) is 3.93. The van der Waals surface area contributed by atoms with Crippen molar-refractivity contribution < 1.29 is 9.59 Å². The first-order chi connectivity index (χ1) is 12.5. The second-order valence-electron chi connectivity index (χ2n) is 6.99. The molecule has 5 nitrogen and oxygen atoms in total. The predicted octanol–water partition coefficient (Wildman–Crippen LogP) is 4.13. The van der Waals surface area contributed by atoms with Gasteiger partial charge in [0.05, 0.1) is 11.4 Å². The van der Waals surface area contributed by atoms with Crippen molar-refractivity contribution in [2.45, 2.75) is 33.6 Å². The van der Waals surface area contributed by atoms with Gasteiger partial charge in [0.2, 0.25) is 0 Å². The Balaban J connectivity index is 1.70. The van der Waals surface area contributed by atoms with Gasteiger partial charge < -0.3 is 10.2 Å². The molecule has 2 amide bonds. The summed E-state index contributed by atoms with van der Waals surface area (Å²) in [6.07, 6.45) is 1.66. The van der Waals surface area contributed by atoms with E-state index in [0.717, 1.165) is 35.5 Å². The minimum atomic E-state index is -0.160. The van der Waals surface area contributed by atoms with Gasteiger partial charge in [0.25, 0.3) is 0 Å². The highest BCUT2D eigenvalue weighted by atomic mass is 16.2. The number of pyridine rings is 1. The zero-order valence-electron chi connectivity index (χ0n) is 15.6. The van der Waals surface area contributed by atoms with Gasteiger partial charge >= 0.3 is 6.03 Å². The molecule has 26 heavy (non-hydrogen) atoms. The topological polar surface area (TPSA) is 62.3 Å². The Morgan fingerprint density at radius 1 is 1.15 bits per heavy atom. The van der Waals surface area contributed by atoms with Gasteiger partial charge in [-0.05, 0) is 45.2 Å². The van der Waals surface area contributed by atoms with E-state index in [1.165, 1.54) is 0 Å². The molecule has 2 aromatic rings. The molecule has 0 bridgehead atoms. The van der Waals surface area contributed by atoms with Gasteiger partial charge in [0.1, 0.15) is 0 Å². The molecule has 5 heteroatoms. The summed E-state index contributed by atoms with van der Waals surface area (Å²) in [6.45, 7) is 6.93. The highest BCUT2D eigenvalue weighted by Gasteiger charge is 2.29. The molecule has 1 aromatic carbocycles. The summed E-state index contributed by atoms with van der Waals surface area (Å²) in [5, 5.41) is 2.99. The lowest BCUT2D eigenvalue weighted by Crippen LogP contribution is -2.44. The molecular weight excluding hydrogens is 326 g/mol. The number of hydrogen-bond donors (Lipinski definition) is 1. The first-order valence-corrected chi connectivity index (χ1v) is 9.05. The first-order valence-electron chi connectivity index (χ1n) is 9.05. The van der Waals surface area contributed by atoms with Crippen molar-refractivity contribution >= 4 is 17.5 Å². The molecule has 3 rings (SSSR count). The van der Waals surface area contributed by atoms with Gasteiger partial charge in [0, 0.05) is 30.3 Å². The Bertz CT molecular complexity index is 794. The van der Waals surface area contributed by atoms with E-state index in [1.54, 1.807) is 4.90 Å². The van der Waals surface area contributed by atoms with Crippen LogP contribution in [0, 0.1) is 26.7 Å². The standard InChI is InChI=1S/C21H25N3O2/c1-14-12-15(2)22-16(3)19(14)23-21(26)24-11-7-10-18(13-24)20(25)17-8-5-4-6-9-17/h4-6,8-9,12,18H,7,10-11,13H2,1-3H3,(H,23,26). The van der Waals surface area contributed by atoms with Crippen LogP contribution in [-0.2, 0) is 0 Å². The zero-order chi connectivity index (χ0) is 18.7. The minimum Gasteiger partial charge on any atom is -0.324 e. The van der Waals surface area contributed by atoms with Gasteiger partial charge in [-0.3, -0.25) is 9.78 Å². The van der Waals surface area contributed by atoms with Gasteiger partial charge in [-0.25, -0.2) is 4.79 Å². The normalized spacial score (nSPS) is 17.0. The fourth-order valence-electron chi connectivity index (χ4n) is 3.61. The summed E-state index contributed by atoms with van der Waals surface area (Å²) in [5.41, 5.74) is 4.22. The maximum atomic E-state index is 12.7. The van der Waals surface area contributed by atoms with Crippen molar-refractivity contribution in [1.82, 2.24) is 9.88 Å². The maximum Gasteiger partial charge on any atom is 0.321 e. The van der Waals surface area contributed by atoms with Crippen LogP contribution in [0.1, 0.15) is 40.2 Å². The zero-order valence-corrected chi connectivity index (χ0v) is 15.6. The number of urea groups is 1. The Kier molecular flexibility index (Phi) is 5.35. The lowest BCUT2D eigenvalue weighted by Gasteiger charge is -2.32. The fourth-order valence-corrected chi connectivity index (χ4v) is 3.61. The average Bonchev–Trinajstić information content (AvgIpc) is 2.64. The van der Waals surface area contributed by atoms with Crippen molar-refractivity contribution in [1.29, 1.82) is 0 Å². The van der Waals surface area contributed by atoms with Gasteiger partial charge in [0.15, 0.2) is 5.78 Å². The lowest BCUT2D eigenvalue weighted by molar-refractivity contribution is 0.0851. The predicted molar refractivity (Wildman–Crippen MR) is 103 cm³/mol. The summed E-state index contributed by atoms with van der Waals surface area (Å²) in [5.74, 6) is -0.0253. The first kappa shape index (κ1) is 18.1. The Labute approximate surface area is 154 Å². The van der Waals surface area contributed by atoms with Crippen LogP contribution in [0.5, 0.6) is 0 Å². The number of carbonyl (C=O) groups excluding carboxylic acids is 2. The second-order valence-corrected chi connectivity index (χ2v) is 6.99. The molecule has 1 N–H and O–H groups in total. The van der Waals surface area contributed by atoms with Crippen LogP contribution in [0.3, 0.4) is 0 Å². The van der Waals surface area contributed by atoms with Crippen LogP contribution in [-0.4, -0.2) is 34.8 Å². The average molecular weight is 351 g/mol. The van der Waals surface area contributed by atoms with Crippen LogP contribution in [0.4, 0.5) is 10.5 Å². The highest BCUT2D eigenvalue weighted by molar-refractivity contribution is 5.98. The number of Topliss-reactive ketones (excluding diaryl/α,β-unsaturated/α-hetero) is 1. The van der Waals surface area contributed by atoms with E-state index in [9.17, 15) is 9.59 Å². The summed E-state index contributed by atoms with van der Waals surface area (Å²) in [6, 6.07) is 11.1. The van der Waals surface area contributed by atoms with Crippen molar-refractivity contribution in [2.24, 2.45) is 5.92 Å². The monoisotopic (exact) mass is 351 g/mol. The molecule has 1 aliphatic rings. The molecule has 1 aromatic heterocycles. The highest BCUT2D eigenvalue weighted by Crippen LogP contribution is 2.24. The van der Waals surface area contributed by atoms with Crippen LogP contribution in [0.25, 0.3) is 0 Å². The number of nitrogens with zero attached hydrogens (tertiary/aromatic N) is 2. The number of ketones is 1. The number of likely N-dealkylation sites (tertiary alicyclic amines) is 1. The molecule has 136 valence electrons. The van der Waals surface area contributed by atoms with E-state index in [0.29, 0.717) is 18.7 Å². The Morgan fingerprint density at radius 2 is 1.88 bits per heavy atom. The smallest absolute Gasteiger partial charge is 0.321 e. The van der Waals surface area contributed by atoms with Crippen LogP contribution in [0.2, 0.25) is 0 Å². The molecule has 1 unspecified atom stereocenters. The van der Waals surface area contributed by atoms with Crippen molar-refractivity contribution in [2.75, 3.05) is 18.4 Å². The van der Waals surface area contributed by atoms with Crippen LogP contribution >= 0.6 is 0 Å². The summed E-state index contributed by atoms with van der Waals surface area (Å²) >= 11 is 0. The molecule has 1 saturated heterocycles. The number of carbonyl (C=O) groups is 2. The fraction of sp³-hybridized carbons (Fsp3) is 0.381. The van der Waals surface area contributed by atoms with Crippen molar-refractivity contribution in [3.63, 3.8) is 0 Å². The van der Waals surface area contributed by atoms with E-state index in [1.807, 2.05) is 57.2 Å². The third-order valence-corrected chi connectivity index (χ3v) is 4.90. The second kappa shape index (κ2) is 7.68. The quantitative estimate of drug-likeness (QED) is 0.846. The SMILES string of the molecule is Cc1cc(C)c(NC(=O)N2CCCC(C(=O)c3ccccc3)C2)c(C)n1. The third-order valence-electron chi connectivity index (χ3n) is 4.90. The minimum absolute atomic E-state index is 0.118. The number of piperidine rings is 1. The molecule has 0 radical (unpaired) electrons. The van der Waals surface area contributed by atoms with Crippen molar-refractivity contribution in [3.8, 4) is 0 Å². The molecule has 0 aliphatic carbocycles.